The minimum Gasteiger partial charge on any atom is -0.324 e. The maximum absolute atomic E-state index is 13.5. The molecule has 106 valence electrons. The van der Waals surface area contributed by atoms with Gasteiger partial charge in [-0.2, -0.15) is 0 Å². The van der Waals surface area contributed by atoms with Crippen LogP contribution in [0.3, 0.4) is 0 Å². The average Bonchev–Trinajstić information content (AvgIpc) is 2.46. The topological polar surface area (TPSA) is 26.0 Å². The molecule has 1 nitrogen and oxygen atoms in total. The fourth-order valence-electron chi connectivity index (χ4n) is 2.15. The maximum atomic E-state index is 13.5. The summed E-state index contributed by atoms with van der Waals surface area (Å²) < 4.78 is 26.6. The van der Waals surface area contributed by atoms with Crippen molar-refractivity contribution in [1.29, 1.82) is 0 Å². The summed E-state index contributed by atoms with van der Waals surface area (Å²) in [5.41, 5.74) is 7.92. The van der Waals surface area contributed by atoms with Crippen LogP contribution in [0.4, 0.5) is 8.78 Å². The lowest BCUT2D eigenvalue weighted by atomic mass is 9.99. The van der Waals surface area contributed by atoms with Gasteiger partial charge in [-0.1, -0.05) is 36.4 Å². The SMILES string of the molecule is NC(CCCc1ccccc1)c1ccc(F)c(F)c1Br. The van der Waals surface area contributed by atoms with E-state index in [1.165, 1.54) is 11.6 Å². The average molecular weight is 340 g/mol. The Labute approximate surface area is 125 Å². The number of halogens is 3. The lowest BCUT2D eigenvalue weighted by molar-refractivity contribution is 0.498. The first kappa shape index (κ1) is 15.1. The van der Waals surface area contributed by atoms with Gasteiger partial charge in [0, 0.05) is 6.04 Å². The minimum absolute atomic E-state index is 0.129. The van der Waals surface area contributed by atoms with Crippen LogP contribution < -0.4 is 5.73 Å². The van der Waals surface area contributed by atoms with Crippen LogP contribution >= 0.6 is 15.9 Å². The molecule has 20 heavy (non-hydrogen) atoms. The van der Waals surface area contributed by atoms with Crippen molar-refractivity contribution in [1.82, 2.24) is 0 Å². The van der Waals surface area contributed by atoms with E-state index in [1.807, 2.05) is 18.2 Å². The van der Waals surface area contributed by atoms with Gasteiger partial charge in [-0.15, -0.1) is 0 Å². The van der Waals surface area contributed by atoms with Crippen LogP contribution in [-0.2, 0) is 6.42 Å². The second-order valence-electron chi connectivity index (χ2n) is 4.75. The van der Waals surface area contributed by atoms with Crippen molar-refractivity contribution in [2.45, 2.75) is 25.3 Å². The highest BCUT2D eigenvalue weighted by atomic mass is 79.9. The quantitative estimate of drug-likeness (QED) is 0.781. The molecule has 4 heteroatoms. The van der Waals surface area contributed by atoms with Gasteiger partial charge in [0.1, 0.15) is 0 Å². The third-order valence-corrected chi connectivity index (χ3v) is 4.09. The zero-order valence-electron chi connectivity index (χ0n) is 11.0. The van der Waals surface area contributed by atoms with Gasteiger partial charge in [0.05, 0.1) is 4.47 Å². The number of nitrogens with two attached hydrogens (primary N) is 1. The number of rotatable bonds is 5. The molecule has 0 radical (unpaired) electrons. The summed E-state index contributed by atoms with van der Waals surface area (Å²) >= 11 is 3.07. The highest BCUT2D eigenvalue weighted by Gasteiger charge is 2.15. The van der Waals surface area contributed by atoms with Crippen molar-refractivity contribution < 1.29 is 8.78 Å². The molecule has 0 saturated heterocycles. The number of hydrogen-bond donors (Lipinski definition) is 1. The van der Waals surface area contributed by atoms with E-state index in [9.17, 15) is 8.78 Å². The van der Waals surface area contributed by atoms with Crippen molar-refractivity contribution in [3.8, 4) is 0 Å². The highest BCUT2D eigenvalue weighted by molar-refractivity contribution is 9.10. The van der Waals surface area contributed by atoms with E-state index in [1.54, 1.807) is 0 Å². The van der Waals surface area contributed by atoms with E-state index in [0.717, 1.165) is 25.3 Å². The van der Waals surface area contributed by atoms with Gasteiger partial charge in [0.2, 0.25) is 0 Å². The Hall–Kier alpha value is -1.26. The Balaban J connectivity index is 1.95. The summed E-state index contributed by atoms with van der Waals surface area (Å²) in [7, 11) is 0. The van der Waals surface area contributed by atoms with Crippen molar-refractivity contribution in [3.63, 3.8) is 0 Å². The van der Waals surface area contributed by atoms with Gasteiger partial charge in [-0.3, -0.25) is 0 Å². The van der Waals surface area contributed by atoms with Gasteiger partial charge in [0.15, 0.2) is 11.6 Å². The van der Waals surface area contributed by atoms with E-state index < -0.39 is 11.6 Å². The largest absolute Gasteiger partial charge is 0.324 e. The van der Waals surface area contributed by atoms with E-state index in [4.69, 9.17) is 5.73 Å². The molecule has 0 heterocycles. The zero-order valence-corrected chi connectivity index (χ0v) is 12.5. The third kappa shape index (κ3) is 3.64. The smallest absolute Gasteiger partial charge is 0.173 e. The Kier molecular flexibility index (Phi) is 5.26. The van der Waals surface area contributed by atoms with Gasteiger partial charge >= 0.3 is 0 Å². The molecule has 2 N–H and O–H groups in total. The molecule has 2 rings (SSSR count). The van der Waals surface area contributed by atoms with Crippen LogP contribution in [0, 0.1) is 11.6 Å². The van der Waals surface area contributed by atoms with Crippen molar-refractivity contribution in [3.05, 3.63) is 69.7 Å². The molecule has 0 aliphatic rings. The normalized spacial score (nSPS) is 12.4. The Bertz CT molecular complexity index is 572. The second kappa shape index (κ2) is 6.95. The molecule has 2 aromatic rings. The number of aryl methyl sites for hydroxylation is 1. The first-order chi connectivity index (χ1) is 9.59. The van der Waals surface area contributed by atoms with Crippen molar-refractivity contribution in [2.24, 2.45) is 5.73 Å². The molecule has 0 aliphatic carbocycles. The third-order valence-electron chi connectivity index (χ3n) is 3.29. The van der Waals surface area contributed by atoms with Crippen LogP contribution in [0.25, 0.3) is 0 Å². The van der Waals surface area contributed by atoms with Crippen molar-refractivity contribution >= 4 is 15.9 Å². The molecule has 0 aromatic heterocycles. The summed E-state index contributed by atoms with van der Waals surface area (Å²) in [6, 6.07) is 12.5. The molecule has 2 aromatic carbocycles. The highest BCUT2D eigenvalue weighted by Crippen LogP contribution is 2.29. The van der Waals surface area contributed by atoms with E-state index >= 15 is 0 Å². The fourth-order valence-corrected chi connectivity index (χ4v) is 2.77. The maximum Gasteiger partial charge on any atom is 0.173 e. The Morgan fingerprint density at radius 2 is 1.75 bits per heavy atom. The van der Waals surface area contributed by atoms with E-state index in [0.29, 0.717) is 5.56 Å². The molecule has 0 amide bonds. The second-order valence-corrected chi connectivity index (χ2v) is 5.54. The molecule has 0 bridgehead atoms. The van der Waals surface area contributed by atoms with Gasteiger partial charge in [-0.25, -0.2) is 8.78 Å². The summed E-state index contributed by atoms with van der Waals surface area (Å²) in [6.07, 6.45) is 2.55. The molecule has 0 saturated carbocycles. The summed E-state index contributed by atoms with van der Waals surface area (Å²) in [5.74, 6) is -1.74. The predicted molar refractivity (Wildman–Crippen MR) is 80.4 cm³/mol. The predicted octanol–water partition coefficient (Wildman–Crippen LogP) is 4.75. The van der Waals surface area contributed by atoms with Crippen LogP contribution in [0.5, 0.6) is 0 Å². The first-order valence-electron chi connectivity index (χ1n) is 6.52. The summed E-state index contributed by atoms with van der Waals surface area (Å²) in [5, 5.41) is 0. The molecule has 0 fully saturated rings. The Morgan fingerprint density at radius 1 is 1.05 bits per heavy atom. The monoisotopic (exact) mass is 339 g/mol. The summed E-state index contributed by atoms with van der Waals surface area (Å²) in [4.78, 5) is 0. The van der Waals surface area contributed by atoms with Gasteiger partial charge < -0.3 is 5.73 Å². The fraction of sp³-hybridized carbons (Fsp3) is 0.250. The van der Waals surface area contributed by atoms with Gasteiger partial charge in [-0.05, 0) is 52.4 Å². The van der Waals surface area contributed by atoms with Crippen LogP contribution in [0.1, 0.15) is 30.0 Å². The zero-order chi connectivity index (χ0) is 14.5. The molecule has 0 aliphatic heterocycles. The number of hydrogen-bond acceptors (Lipinski definition) is 1. The van der Waals surface area contributed by atoms with Crippen LogP contribution in [0.2, 0.25) is 0 Å². The first-order valence-corrected chi connectivity index (χ1v) is 7.32. The molecule has 0 spiro atoms. The van der Waals surface area contributed by atoms with Crippen LogP contribution in [0.15, 0.2) is 46.9 Å². The summed E-state index contributed by atoms with van der Waals surface area (Å²) in [6.45, 7) is 0. The van der Waals surface area contributed by atoms with Crippen molar-refractivity contribution in [2.75, 3.05) is 0 Å². The van der Waals surface area contributed by atoms with E-state index in [2.05, 4.69) is 28.1 Å². The Morgan fingerprint density at radius 3 is 2.45 bits per heavy atom. The number of benzene rings is 2. The standard InChI is InChI=1S/C16H16BrF2N/c17-15-12(9-10-13(18)16(15)19)14(20)8-4-7-11-5-2-1-3-6-11/h1-3,5-6,9-10,14H,4,7-8,20H2. The van der Waals surface area contributed by atoms with Gasteiger partial charge in [0.25, 0.3) is 0 Å². The molecular formula is C16H16BrF2N. The van der Waals surface area contributed by atoms with Crippen LogP contribution in [-0.4, -0.2) is 0 Å². The molecule has 1 unspecified atom stereocenters. The lowest BCUT2D eigenvalue weighted by Gasteiger charge is -2.14. The molecular weight excluding hydrogens is 324 g/mol. The minimum atomic E-state index is -0.874. The lowest BCUT2D eigenvalue weighted by Crippen LogP contribution is -2.12. The molecule has 1 atom stereocenters. The van der Waals surface area contributed by atoms with E-state index in [-0.39, 0.29) is 10.5 Å².